The Morgan fingerprint density at radius 3 is 2.50 bits per heavy atom. The third-order valence-corrected chi connectivity index (χ3v) is 2.04. The van der Waals surface area contributed by atoms with Gasteiger partial charge in [0.1, 0.15) is 11.5 Å². The molecular formula is C12H14O4. The third kappa shape index (κ3) is 3.02. The zero-order valence-corrected chi connectivity index (χ0v) is 9.52. The standard InChI is InChI=1S/C12H14O4/c1-14-10-5-6-11(15-2)9(8-10)4-7-12(13)16-3/h4-8H,1-3H3. The quantitative estimate of drug-likeness (QED) is 0.576. The summed E-state index contributed by atoms with van der Waals surface area (Å²) in [6.45, 7) is 0. The van der Waals surface area contributed by atoms with E-state index in [9.17, 15) is 4.79 Å². The molecule has 0 spiro atoms. The van der Waals surface area contributed by atoms with Gasteiger partial charge in [0.15, 0.2) is 0 Å². The van der Waals surface area contributed by atoms with Crippen molar-refractivity contribution < 1.29 is 19.0 Å². The van der Waals surface area contributed by atoms with Gasteiger partial charge in [0.2, 0.25) is 0 Å². The molecule has 0 radical (unpaired) electrons. The lowest BCUT2D eigenvalue weighted by Crippen LogP contribution is -1.94. The molecule has 0 saturated heterocycles. The summed E-state index contributed by atoms with van der Waals surface area (Å²) in [4.78, 5) is 11.0. The van der Waals surface area contributed by atoms with Crippen molar-refractivity contribution in [2.45, 2.75) is 0 Å². The Morgan fingerprint density at radius 2 is 1.94 bits per heavy atom. The fourth-order valence-corrected chi connectivity index (χ4v) is 1.20. The molecular weight excluding hydrogens is 208 g/mol. The Balaban J connectivity index is 2.99. The van der Waals surface area contributed by atoms with Crippen LogP contribution < -0.4 is 9.47 Å². The fraction of sp³-hybridized carbons (Fsp3) is 0.250. The van der Waals surface area contributed by atoms with E-state index in [0.29, 0.717) is 11.5 Å². The van der Waals surface area contributed by atoms with Gasteiger partial charge in [-0.1, -0.05) is 0 Å². The lowest BCUT2D eigenvalue weighted by Gasteiger charge is -2.06. The molecule has 1 rings (SSSR count). The van der Waals surface area contributed by atoms with Crippen LogP contribution in [0.25, 0.3) is 6.08 Å². The van der Waals surface area contributed by atoms with Gasteiger partial charge in [-0.3, -0.25) is 0 Å². The van der Waals surface area contributed by atoms with Crippen molar-refractivity contribution in [3.8, 4) is 11.5 Å². The second kappa shape index (κ2) is 5.80. The Kier molecular flexibility index (Phi) is 4.39. The first-order chi connectivity index (χ1) is 7.71. The summed E-state index contributed by atoms with van der Waals surface area (Å²) < 4.78 is 14.7. The van der Waals surface area contributed by atoms with E-state index in [1.807, 2.05) is 0 Å². The zero-order chi connectivity index (χ0) is 12.0. The molecule has 4 nitrogen and oxygen atoms in total. The summed E-state index contributed by atoms with van der Waals surface area (Å²) >= 11 is 0. The molecule has 0 saturated carbocycles. The topological polar surface area (TPSA) is 44.8 Å². The van der Waals surface area contributed by atoms with Gasteiger partial charge >= 0.3 is 5.97 Å². The summed E-state index contributed by atoms with van der Waals surface area (Å²) in [7, 11) is 4.47. The highest BCUT2D eigenvalue weighted by atomic mass is 16.5. The van der Waals surface area contributed by atoms with E-state index in [4.69, 9.17) is 9.47 Å². The number of esters is 1. The van der Waals surface area contributed by atoms with Crippen LogP contribution in [0.3, 0.4) is 0 Å². The Labute approximate surface area is 94.4 Å². The number of hydrogen-bond acceptors (Lipinski definition) is 4. The largest absolute Gasteiger partial charge is 0.497 e. The van der Waals surface area contributed by atoms with Crippen molar-refractivity contribution >= 4 is 12.0 Å². The van der Waals surface area contributed by atoms with Gasteiger partial charge in [0.05, 0.1) is 21.3 Å². The molecule has 0 unspecified atom stereocenters. The van der Waals surface area contributed by atoms with E-state index in [1.165, 1.54) is 13.2 Å². The van der Waals surface area contributed by atoms with Crippen molar-refractivity contribution in [1.82, 2.24) is 0 Å². The minimum Gasteiger partial charge on any atom is -0.497 e. The molecule has 86 valence electrons. The van der Waals surface area contributed by atoms with Gasteiger partial charge < -0.3 is 14.2 Å². The lowest BCUT2D eigenvalue weighted by molar-refractivity contribution is -0.134. The second-order valence-electron chi connectivity index (χ2n) is 2.96. The molecule has 0 aliphatic heterocycles. The van der Waals surface area contributed by atoms with Crippen LogP contribution >= 0.6 is 0 Å². The van der Waals surface area contributed by atoms with Crippen LogP contribution in [0.15, 0.2) is 24.3 Å². The first-order valence-electron chi connectivity index (χ1n) is 4.69. The van der Waals surface area contributed by atoms with Crippen molar-refractivity contribution in [1.29, 1.82) is 0 Å². The smallest absolute Gasteiger partial charge is 0.330 e. The van der Waals surface area contributed by atoms with E-state index in [2.05, 4.69) is 4.74 Å². The number of methoxy groups -OCH3 is 3. The number of hydrogen-bond donors (Lipinski definition) is 0. The summed E-state index contributed by atoms with van der Waals surface area (Å²) in [6.07, 6.45) is 2.95. The van der Waals surface area contributed by atoms with E-state index in [0.717, 1.165) is 5.56 Å². The first-order valence-corrected chi connectivity index (χ1v) is 4.69. The minimum atomic E-state index is -0.412. The third-order valence-electron chi connectivity index (χ3n) is 2.04. The van der Waals surface area contributed by atoms with Gasteiger partial charge in [0, 0.05) is 11.6 Å². The van der Waals surface area contributed by atoms with E-state index >= 15 is 0 Å². The van der Waals surface area contributed by atoms with Gasteiger partial charge in [-0.25, -0.2) is 4.79 Å². The van der Waals surface area contributed by atoms with Crippen LogP contribution in [0.4, 0.5) is 0 Å². The van der Waals surface area contributed by atoms with Crippen LogP contribution in [-0.4, -0.2) is 27.3 Å². The van der Waals surface area contributed by atoms with E-state index in [-0.39, 0.29) is 0 Å². The van der Waals surface area contributed by atoms with Crippen molar-refractivity contribution in [2.75, 3.05) is 21.3 Å². The lowest BCUT2D eigenvalue weighted by atomic mass is 10.1. The predicted octanol–water partition coefficient (Wildman–Crippen LogP) is 1.89. The molecule has 0 fully saturated rings. The maximum Gasteiger partial charge on any atom is 0.330 e. The molecule has 0 heterocycles. The maximum atomic E-state index is 11.0. The predicted molar refractivity (Wildman–Crippen MR) is 60.6 cm³/mol. The van der Waals surface area contributed by atoms with Crippen LogP contribution in [0.1, 0.15) is 5.56 Å². The average molecular weight is 222 g/mol. The SMILES string of the molecule is COC(=O)C=Cc1cc(OC)ccc1OC. The van der Waals surface area contributed by atoms with E-state index in [1.54, 1.807) is 38.5 Å². The molecule has 1 aromatic rings. The molecule has 0 bridgehead atoms. The molecule has 0 N–H and O–H groups in total. The van der Waals surface area contributed by atoms with Crippen molar-refractivity contribution in [2.24, 2.45) is 0 Å². The summed E-state index contributed by atoms with van der Waals surface area (Å²) in [5.41, 5.74) is 0.757. The van der Waals surface area contributed by atoms with Crippen LogP contribution in [0, 0.1) is 0 Å². The highest BCUT2D eigenvalue weighted by Gasteiger charge is 2.02. The number of carbonyl (C=O) groups excluding carboxylic acids is 1. The second-order valence-corrected chi connectivity index (χ2v) is 2.96. The minimum absolute atomic E-state index is 0.412. The Morgan fingerprint density at radius 1 is 1.19 bits per heavy atom. The van der Waals surface area contributed by atoms with E-state index < -0.39 is 5.97 Å². The number of carbonyl (C=O) groups is 1. The summed E-state index contributed by atoms with van der Waals surface area (Å²) in [5.74, 6) is 0.955. The van der Waals surface area contributed by atoms with Gasteiger partial charge in [-0.2, -0.15) is 0 Å². The zero-order valence-electron chi connectivity index (χ0n) is 9.52. The number of rotatable bonds is 4. The molecule has 16 heavy (non-hydrogen) atoms. The van der Waals surface area contributed by atoms with Gasteiger partial charge in [-0.05, 0) is 24.3 Å². The first kappa shape index (κ1) is 12.1. The fourth-order valence-electron chi connectivity index (χ4n) is 1.20. The average Bonchev–Trinajstić information content (AvgIpc) is 2.35. The number of ether oxygens (including phenoxy) is 3. The molecule has 0 aliphatic rings. The normalized spacial score (nSPS) is 10.2. The van der Waals surface area contributed by atoms with Crippen LogP contribution in [-0.2, 0) is 9.53 Å². The van der Waals surface area contributed by atoms with Gasteiger partial charge in [-0.15, -0.1) is 0 Å². The number of benzene rings is 1. The summed E-state index contributed by atoms with van der Waals surface area (Å²) in [6, 6.07) is 5.34. The summed E-state index contributed by atoms with van der Waals surface area (Å²) in [5, 5.41) is 0. The molecule has 0 aromatic heterocycles. The molecule has 0 amide bonds. The highest BCUT2D eigenvalue weighted by molar-refractivity contribution is 5.87. The molecule has 0 atom stereocenters. The van der Waals surface area contributed by atoms with Crippen LogP contribution in [0.2, 0.25) is 0 Å². The van der Waals surface area contributed by atoms with Crippen LogP contribution in [0.5, 0.6) is 11.5 Å². The molecule has 4 heteroatoms. The van der Waals surface area contributed by atoms with Gasteiger partial charge in [0.25, 0.3) is 0 Å². The Hall–Kier alpha value is -1.97. The highest BCUT2D eigenvalue weighted by Crippen LogP contribution is 2.24. The maximum absolute atomic E-state index is 11.0. The van der Waals surface area contributed by atoms with Crippen molar-refractivity contribution in [3.05, 3.63) is 29.8 Å². The molecule has 0 aliphatic carbocycles. The monoisotopic (exact) mass is 222 g/mol. The van der Waals surface area contributed by atoms with Crippen molar-refractivity contribution in [3.63, 3.8) is 0 Å². The Bertz CT molecular complexity index is 396. The molecule has 1 aromatic carbocycles.